The molecule has 0 saturated carbocycles. The van der Waals surface area contributed by atoms with Crippen LogP contribution in [0.4, 0.5) is 0 Å². The van der Waals surface area contributed by atoms with E-state index in [2.05, 4.69) is 15.5 Å². The molecular weight excluding hydrogens is 292 g/mol. The third kappa shape index (κ3) is 3.76. The average molecular weight is 306 g/mol. The number of aromatic nitrogens is 3. The number of thiophene rings is 1. The maximum atomic E-state index is 12.1. The molecule has 0 aliphatic heterocycles. The Balaban J connectivity index is 2.04. The Hall–Kier alpha value is -2.48. The van der Waals surface area contributed by atoms with E-state index in [1.54, 1.807) is 24.0 Å². The van der Waals surface area contributed by atoms with Crippen molar-refractivity contribution in [2.75, 3.05) is 0 Å². The van der Waals surface area contributed by atoms with E-state index in [1.807, 2.05) is 6.92 Å². The van der Waals surface area contributed by atoms with Gasteiger partial charge in [-0.1, -0.05) is 0 Å². The van der Waals surface area contributed by atoms with Gasteiger partial charge in [0, 0.05) is 18.0 Å². The molecule has 0 aromatic carbocycles. The van der Waals surface area contributed by atoms with E-state index >= 15 is 0 Å². The van der Waals surface area contributed by atoms with Gasteiger partial charge in [0.25, 0.3) is 5.91 Å². The Kier molecular flexibility index (Phi) is 4.49. The second-order valence-corrected chi connectivity index (χ2v) is 5.45. The zero-order valence-electron chi connectivity index (χ0n) is 11.5. The molecule has 21 heavy (non-hydrogen) atoms. The summed E-state index contributed by atoms with van der Waals surface area (Å²) in [6.45, 7) is 2.12. The molecular formula is C13H14N4O3S. The molecule has 2 N–H and O–H groups in total. The summed E-state index contributed by atoms with van der Waals surface area (Å²) in [6.07, 6.45) is 4.10. The number of carboxylic acids is 1. The second kappa shape index (κ2) is 6.31. The largest absolute Gasteiger partial charge is 0.478 e. The van der Waals surface area contributed by atoms with E-state index in [9.17, 15) is 9.59 Å². The molecule has 2 rings (SSSR count). The Bertz CT molecular complexity index is 702. The molecule has 1 amide bonds. The number of aryl methyl sites for hydroxylation is 2. The van der Waals surface area contributed by atoms with Gasteiger partial charge in [-0.25, -0.2) is 4.79 Å². The summed E-state index contributed by atoms with van der Waals surface area (Å²) in [4.78, 5) is 23.8. The van der Waals surface area contributed by atoms with E-state index in [4.69, 9.17) is 5.11 Å². The van der Waals surface area contributed by atoms with E-state index in [0.29, 0.717) is 10.7 Å². The minimum atomic E-state index is -1.02. The number of carbonyl (C=O) groups is 2. The fourth-order valence-electron chi connectivity index (χ4n) is 1.63. The Morgan fingerprint density at radius 3 is 2.90 bits per heavy atom. The summed E-state index contributed by atoms with van der Waals surface area (Å²) >= 11 is 1.25. The van der Waals surface area contributed by atoms with Crippen LogP contribution >= 0.6 is 11.3 Å². The quantitative estimate of drug-likeness (QED) is 0.809. The van der Waals surface area contributed by atoms with Gasteiger partial charge < -0.3 is 15.0 Å². The highest BCUT2D eigenvalue weighted by Gasteiger charge is 2.12. The fraction of sp³-hybridized carbons (Fsp3) is 0.231. The van der Waals surface area contributed by atoms with Crippen LogP contribution in [-0.4, -0.2) is 31.7 Å². The van der Waals surface area contributed by atoms with Crippen LogP contribution in [0.2, 0.25) is 0 Å². The van der Waals surface area contributed by atoms with Crippen LogP contribution in [0, 0.1) is 6.92 Å². The molecule has 0 aliphatic rings. The molecule has 0 radical (unpaired) electrons. The molecule has 0 aliphatic carbocycles. The highest BCUT2D eigenvalue weighted by Crippen LogP contribution is 2.23. The molecule has 0 saturated heterocycles. The van der Waals surface area contributed by atoms with Crippen LogP contribution in [-0.2, 0) is 18.4 Å². The van der Waals surface area contributed by atoms with Crippen molar-refractivity contribution in [1.82, 2.24) is 20.1 Å². The summed E-state index contributed by atoms with van der Waals surface area (Å²) < 4.78 is 1.72. The minimum absolute atomic E-state index is 0.221. The molecule has 8 heteroatoms. The lowest BCUT2D eigenvalue weighted by Crippen LogP contribution is -2.23. The Morgan fingerprint density at radius 1 is 1.52 bits per heavy atom. The van der Waals surface area contributed by atoms with Gasteiger partial charge in [0.2, 0.25) is 0 Å². The lowest BCUT2D eigenvalue weighted by atomic mass is 10.2. The number of nitrogens with zero attached hydrogens (tertiary/aromatic N) is 3. The van der Waals surface area contributed by atoms with E-state index < -0.39 is 5.97 Å². The molecule has 0 atom stereocenters. The molecule has 110 valence electrons. The van der Waals surface area contributed by atoms with Gasteiger partial charge in [-0.3, -0.25) is 4.79 Å². The first kappa shape index (κ1) is 14.9. The van der Waals surface area contributed by atoms with Crippen molar-refractivity contribution in [3.63, 3.8) is 0 Å². The number of amides is 1. The molecule has 0 fully saturated rings. The van der Waals surface area contributed by atoms with Crippen molar-refractivity contribution >= 4 is 29.3 Å². The first-order valence-corrected chi connectivity index (χ1v) is 6.91. The third-order valence-electron chi connectivity index (χ3n) is 2.77. The highest BCUT2D eigenvalue weighted by molar-refractivity contribution is 7.15. The van der Waals surface area contributed by atoms with Gasteiger partial charge in [0.05, 0.1) is 11.4 Å². The standard InChI is InChI=1S/C13H14N4O3S/c1-8-5-10(21-9(8)3-4-12(18)19)13(20)14-6-11-16-15-7-17(11)2/h3-5,7H,6H2,1-2H3,(H,14,20)(H,18,19)/b4-3+. The van der Waals surface area contributed by atoms with Gasteiger partial charge in [-0.15, -0.1) is 21.5 Å². The monoisotopic (exact) mass is 306 g/mol. The van der Waals surface area contributed by atoms with E-state index in [0.717, 1.165) is 16.5 Å². The average Bonchev–Trinajstić information content (AvgIpc) is 3.00. The molecule has 0 spiro atoms. The summed E-state index contributed by atoms with van der Waals surface area (Å²) in [7, 11) is 1.80. The van der Waals surface area contributed by atoms with Crippen LogP contribution in [0.3, 0.4) is 0 Å². The number of hydrogen-bond donors (Lipinski definition) is 2. The Morgan fingerprint density at radius 2 is 2.29 bits per heavy atom. The molecule has 0 unspecified atom stereocenters. The maximum Gasteiger partial charge on any atom is 0.328 e. The normalized spacial score (nSPS) is 11.0. The summed E-state index contributed by atoms with van der Waals surface area (Å²) in [5, 5.41) is 19.0. The topological polar surface area (TPSA) is 97.1 Å². The van der Waals surface area contributed by atoms with Gasteiger partial charge >= 0.3 is 5.97 Å². The van der Waals surface area contributed by atoms with Crippen molar-refractivity contribution in [1.29, 1.82) is 0 Å². The predicted octanol–water partition coefficient (Wildman–Crippen LogP) is 1.21. The van der Waals surface area contributed by atoms with Crippen LogP contribution < -0.4 is 5.32 Å². The number of carbonyl (C=O) groups excluding carboxylic acids is 1. The smallest absolute Gasteiger partial charge is 0.328 e. The van der Waals surface area contributed by atoms with Crippen molar-refractivity contribution < 1.29 is 14.7 Å². The van der Waals surface area contributed by atoms with Crippen molar-refractivity contribution in [3.05, 3.63) is 39.6 Å². The maximum absolute atomic E-state index is 12.1. The first-order valence-electron chi connectivity index (χ1n) is 6.10. The number of carboxylic acid groups (broad SMARTS) is 1. The summed E-state index contributed by atoms with van der Waals surface area (Å²) in [5.74, 6) is -0.584. The molecule has 2 aromatic rings. The van der Waals surface area contributed by atoms with E-state index in [1.165, 1.54) is 17.4 Å². The van der Waals surface area contributed by atoms with Gasteiger partial charge in [0.1, 0.15) is 6.33 Å². The lowest BCUT2D eigenvalue weighted by Gasteiger charge is -2.02. The fourth-order valence-corrected chi connectivity index (χ4v) is 2.63. The zero-order valence-corrected chi connectivity index (χ0v) is 12.3. The van der Waals surface area contributed by atoms with Crippen molar-refractivity contribution in [3.8, 4) is 0 Å². The van der Waals surface area contributed by atoms with Gasteiger partial charge in [0.15, 0.2) is 5.82 Å². The molecule has 2 aromatic heterocycles. The molecule has 7 nitrogen and oxygen atoms in total. The highest BCUT2D eigenvalue weighted by atomic mass is 32.1. The van der Waals surface area contributed by atoms with Crippen molar-refractivity contribution in [2.45, 2.75) is 13.5 Å². The zero-order chi connectivity index (χ0) is 15.4. The SMILES string of the molecule is Cc1cc(C(=O)NCc2nncn2C)sc1/C=C/C(=O)O. The first-order chi connectivity index (χ1) is 9.97. The predicted molar refractivity (Wildman–Crippen MR) is 77.9 cm³/mol. The summed E-state index contributed by atoms with van der Waals surface area (Å²) in [5.41, 5.74) is 0.862. The van der Waals surface area contributed by atoms with Crippen molar-refractivity contribution in [2.24, 2.45) is 7.05 Å². The number of rotatable bonds is 5. The van der Waals surface area contributed by atoms with Crippen LogP contribution in [0.5, 0.6) is 0 Å². The van der Waals surface area contributed by atoms with Gasteiger partial charge in [-0.05, 0) is 24.6 Å². The van der Waals surface area contributed by atoms with E-state index in [-0.39, 0.29) is 12.5 Å². The molecule has 0 bridgehead atoms. The van der Waals surface area contributed by atoms with Gasteiger partial charge in [-0.2, -0.15) is 0 Å². The minimum Gasteiger partial charge on any atom is -0.478 e. The number of hydrogen-bond acceptors (Lipinski definition) is 5. The second-order valence-electron chi connectivity index (χ2n) is 4.37. The van der Waals surface area contributed by atoms with Crippen LogP contribution in [0.15, 0.2) is 18.5 Å². The number of aliphatic carboxylic acids is 1. The summed E-state index contributed by atoms with van der Waals surface area (Å²) in [6, 6.07) is 1.73. The van der Waals surface area contributed by atoms with Crippen LogP contribution in [0.1, 0.15) is 25.9 Å². The molecule has 2 heterocycles. The third-order valence-corrected chi connectivity index (χ3v) is 3.97. The van der Waals surface area contributed by atoms with Crippen LogP contribution in [0.25, 0.3) is 6.08 Å². The number of nitrogens with one attached hydrogen (secondary N) is 1. The lowest BCUT2D eigenvalue weighted by molar-refractivity contribution is -0.131. The Labute approximate surface area is 124 Å².